The summed E-state index contributed by atoms with van der Waals surface area (Å²) in [5.74, 6) is 1.72. The van der Waals surface area contributed by atoms with E-state index < -0.39 is 0 Å². The molecule has 0 saturated carbocycles. The highest BCUT2D eigenvalue weighted by Crippen LogP contribution is 2.27. The Morgan fingerprint density at radius 2 is 2.10 bits per heavy atom. The third-order valence-electron chi connectivity index (χ3n) is 3.32. The molecule has 0 radical (unpaired) electrons. The molecule has 2 rings (SSSR count). The van der Waals surface area contributed by atoms with Gasteiger partial charge in [-0.3, -0.25) is 4.68 Å². The molecule has 2 aromatic rings. The first-order valence-corrected chi connectivity index (χ1v) is 7.04. The van der Waals surface area contributed by atoms with E-state index in [1.807, 2.05) is 25.2 Å². The van der Waals surface area contributed by atoms with Crippen molar-refractivity contribution >= 4 is 0 Å². The molecule has 5 nitrogen and oxygen atoms in total. The van der Waals surface area contributed by atoms with Crippen molar-refractivity contribution in [3.05, 3.63) is 42.0 Å². The van der Waals surface area contributed by atoms with Gasteiger partial charge in [0.1, 0.15) is 18.7 Å². The van der Waals surface area contributed by atoms with Crippen molar-refractivity contribution in [1.82, 2.24) is 20.1 Å². The van der Waals surface area contributed by atoms with Crippen molar-refractivity contribution in [2.45, 2.75) is 32.9 Å². The summed E-state index contributed by atoms with van der Waals surface area (Å²) < 4.78 is 7.65. The zero-order valence-corrected chi connectivity index (χ0v) is 12.3. The van der Waals surface area contributed by atoms with E-state index in [4.69, 9.17) is 4.74 Å². The molecule has 108 valence electrons. The zero-order valence-electron chi connectivity index (χ0n) is 12.3. The second kappa shape index (κ2) is 7.05. The largest absolute Gasteiger partial charge is 0.485 e. The van der Waals surface area contributed by atoms with Gasteiger partial charge in [0.25, 0.3) is 0 Å². The summed E-state index contributed by atoms with van der Waals surface area (Å²) in [7, 11) is 1.87. The topological polar surface area (TPSA) is 52.0 Å². The van der Waals surface area contributed by atoms with E-state index >= 15 is 0 Å². The normalized spacial score (nSPS) is 12.3. The summed E-state index contributed by atoms with van der Waals surface area (Å²) >= 11 is 0. The molecule has 0 spiro atoms. The number of aryl methyl sites for hydroxylation is 1. The highest BCUT2D eigenvalue weighted by molar-refractivity contribution is 5.36. The van der Waals surface area contributed by atoms with Gasteiger partial charge in [0.05, 0.1) is 0 Å². The molecular formula is C15H22N4O. The van der Waals surface area contributed by atoms with E-state index in [0.717, 1.165) is 24.5 Å². The third-order valence-corrected chi connectivity index (χ3v) is 3.32. The van der Waals surface area contributed by atoms with Crippen molar-refractivity contribution in [2.24, 2.45) is 7.05 Å². The first-order valence-electron chi connectivity index (χ1n) is 7.04. The molecule has 0 fully saturated rings. The average molecular weight is 274 g/mol. The summed E-state index contributed by atoms with van der Waals surface area (Å²) in [5, 5.41) is 7.53. The number of para-hydroxylation sites is 1. The molecule has 0 bridgehead atoms. The van der Waals surface area contributed by atoms with Crippen LogP contribution in [0.25, 0.3) is 0 Å². The van der Waals surface area contributed by atoms with E-state index in [-0.39, 0.29) is 0 Å². The van der Waals surface area contributed by atoms with E-state index in [9.17, 15) is 0 Å². The summed E-state index contributed by atoms with van der Waals surface area (Å²) in [6.07, 6.45) is 2.57. The maximum atomic E-state index is 5.93. The molecule has 0 aliphatic carbocycles. The van der Waals surface area contributed by atoms with Crippen molar-refractivity contribution in [1.29, 1.82) is 0 Å². The van der Waals surface area contributed by atoms with Gasteiger partial charge >= 0.3 is 0 Å². The van der Waals surface area contributed by atoms with E-state index in [0.29, 0.717) is 12.6 Å². The van der Waals surface area contributed by atoms with Gasteiger partial charge < -0.3 is 10.1 Å². The molecule has 0 aliphatic heterocycles. The van der Waals surface area contributed by atoms with Crippen LogP contribution in [-0.2, 0) is 13.7 Å². The first kappa shape index (κ1) is 14.5. The van der Waals surface area contributed by atoms with Crippen LogP contribution in [0.1, 0.15) is 37.7 Å². The van der Waals surface area contributed by atoms with E-state index in [2.05, 4.69) is 35.3 Å². The molecular weight excluding hydrogens is 252 g/mol. The first-order chi connectivity index (χ1) is 9.76. The molecule has 1 aromatic carbocycles. The smallest absolute Gasteiger partial charge is 0.164 e. The zero-order chi connectivity index (χ0) is 14.4. The molecule has 1 aromatic heterocycles. The maximum Gasteiger partial charge on any atom is 0.164 e. The number of ether oxygens (including phenoxy) is 1. The lowest BCUT2D eigenvalue weighted by Gasteiger charge is -2.19. The fourth-order valence-electron chi connectivity index (χ4n) is 2.21. The molecule has 1 unspecified atom stereocenters. The molecule has 5 heteroatoms. The predicted octanol–water partition coefficient (Wildman–Crippen LogP) is 2.45. The van der Waals surface area contributed by atoms with Gasteiger partial charge in [-0.15, -0.1) is 0 Å². The summed E-state index contributed by atoms with van der Waals surface area (Å²) in [4.78, 5) is 4.17. The number of hydrogen-bond acceptors (Lipinski definition) is 4. The van der Waals surface area contributed by atoms with Gasteiger partial charge in [0.15, 0.2) is 5.82 Å². The molecule has 0 saturated heterocycles. The Morgan fingerprint density at radius 1 is 1.30 bits per heavy atom. The number of nitrogens with zero attached hydrogens (tertiary/aromatic N) is 3. The second-order valence-electron chi connectivity index (χ2n) is 4.64. The summed E-state index contributed by atoms with van der Waals surface area (Å²) in [6, 6.07) is 8.48. The Hall–Kier alpha value is -1.88. The average Bonchev–Trinajstić information content (AvgIpc) is 2.88. The van der Waals surface area contributed by atoms with Gasteiger partial charge in [-0.2, -0.15) is 5.10 Å². The van der Waals surface area contributed by atoms with Gasteiger partial charge in [-0.05, 0) is 19.0 Å². The quantitative estimate of drug-likeness (QED) is 0.842. The Balaban J connectivity index is 2.13. The van der Waals surface area contributed by atoms with E-state index in [1.54, 1.807) is 4.68 Å². The Labute approximate surface area is 120 Å². The highest BCUT2D eigenvalue weighted by Gasteiger charge is 2.13. The third kappa shape index (κ3) is 3.36. The van der Waals surface area contributed by atoms with Crippen molar-refractivity contribution < 1.29 is 4.74 Å². The monoisotopic (exact) mass is 274 g/mol. The van der Waals surface area contributed by atoms with Crippen LogP contribution in [0.3, 0.4) is 0 Å². The number of hydrogen-bond donors (Lipinski definition) is 1. The molecule has 0 aliphatic rings. The van der Waals surface area contributed by atoms with E-state index in [1.165, 1.54) is 11.9 Å². The molecule has 1 N–H and O–H groups in total. The van der Waals surface area contributed by atoms with Crippen LogP contribution in [-0.4, -0.2) is 21.3 Å². The van der Waals surface area contributed by atoms with Crippen LogP contribution in [0.5, 0.6) is 5.75 Å². The van der Waals surface area contributed by atoms with Gasteiger partial charge in [-0.1, -0.05) is 32.0 Å². The summed E-state index contributed by atoms with van der Waals surface area (Å²) in [6.45, 7) is 5.66. The molecule has 1 heterocycles. The molecule has 1 atom stereocenters. The Bertz CT molecular complexity index is 538. The van der Waals surface area contributed by atoms with Crippen molar-refractivity contribution in [2.75, 3.05) is 6.54 Å². The van der Waals surface area contributed by atoms with Crippen LogP contribution in [0.15, 0.2) is 30.6 Å². The van der Waals surface area contributed by atoms with Crippen LogP contribution >= 0.6 is 0 Å². The van der Waals surface area contributed by atoms with Crippen LogP contribution in [0, 0.1) is 0 Å². The summed E-state index contributed by atoms with van der Waals surface area (Å²) in [5.41, 5.74) is 1.19. The second-order valence-corrected chi connectivity index (χ2v) is 4.64. The van der Waals surface area contributed by atoms with Gasteiger partial charge in [0.2, 0.25) is 0 Å². The van der Waals surface area contributed by atoms with Gasteiger partial charge in [0, 0.05) is 18.7 Å². The predicted molar refractivity (Wildman–Crippen MR) is 78.5 cm³/mol. The fraction of sp³-hybridized carbons (Fsp3) is 0.467. The lowest BCUT2D eigenvalue weighted by atomic mass is 10.0. The molecule has 20 heavy (non-hydrogen) atoms. The van der Waals surface area contributed by atoms with Crippen LogP contribution < -0.4 is 10.1 Å². The standard InChI is InChI=1S/C15H22N4O/c1-4-13(16-5-2)12-8-6-7-9-14(12)20-10-15-17-11-18-19(15)3/h6-9,11,13,16H,4-5,10H2,1-3H3. The SMILES string of the molecule is CCNC(CC)c1ccccc1OCc1ncnn1C. The fourth-order valence-corrected chi connectivity index (χ4v) is 2.21. The minimum atomic E-state index is 0.315. The Morgan fingerprint density at radius 3 is 2.75 bits per heavy atom. The minimum absolute atomic E-state index is 0.315. The van der Waals surface area contributed by atoms with Crippen LogP contribution in [0.4, 0.5) is 0 Å². The van der Waals surface area contributed by atoms with Gasteiger partial charge in [-0.25, -0.2) is 4.98 Å². The lowest BCUT2D eigenvalue weighted by molar-refractivity contribution is 0.283. The lowest BCUT2D eigenvalue weighted by Crippen LogP contribution is -2.20. The highest BCUT2D eigenvalue weighted by atomic mass is 16.5. The van der Waals surface area contributed by atoms with Crippen molar-refractivity contribution in [3.8, 4) is 5.75 Å². The maximum absolute atomic E-state index is 5.93. The minimum Gasteiger partial charge on any atom is -0.485 e. The van der Waals surface area contributed by atoms with Crippen LogP contribution in [0.2, 0.25) is 0 Å². The van der Waals surface area contributed by atoms with Crippen molar-refractivity contribution in [3.63, 3.8) is 0 Å². The Kier molecular flexibility index (Phi) is 5.12. The number of rotatable bonds is 7. The number of nitrogens with one attached hydrogen (secondary N) is 1. The number of benzene rings is 1. The molecule has 0 amide bonds. The number of aromatic nitrogens is 3.